The summed E-state index contributed by atoms with van der Waals surface area (Å²) in [6, 6.07) is 7.85. The molecule has 2 aliphatic heterocycles. The topological polar surface area (TPSA) is 61.9 Å². The molecule has 1 unspecified atom stereocenters. The summed E-state index contributed by atoms with van der Waals surface area (Å²) in [5.74, 6) is -0.232. The number of benzene rings is 1. The zero-order valence-electron chi connectivity index (χ0n) is 14.9. The number of fused-ring (bicyclic) bond motifs is 1. The number of urea groups is 1. The van der Waals surface area contributed by atoms with Crippen molar-refractivity contribution < 1.29 is 14.3 Å². The number of rotatable bonds is 4. The molecule has 1 N–H and O–H groups in total. The van der Waals surface area contributed by atoms with Gasteiger partial charge in [-0.3, -0.25) is 9.69 Å². The molecule has 25 heavy (non-hydrogen) atoms. The maximum absolute atomic E-state index is 12.5. The molecular formula is C19H27N3O3. The van der Waals surface area contributed by atoms with Gasteiger partial charge in [0.1, 0.15) is 0 Å². The van der Waals surface area contributed by atoms with E-state index in [1.165, 1.54) is 25.8 Å². The number of anilines is 1. The van der Waals surface area contributed by atoms with Gasteiger partial charge in [-0.05, 0) is 44.0 Å². The predicted molar refractivity (Wildman–Crippen MR) is 96.6 cm³/mol. The van der Waals surface area contributed by atoms with E-state index in [0.717, 1.165) is 30.9 Å². The number of hydrogen-bond acceptors (Lipinski definition) is 4. The number of hydrogen-bond donors (Lipinski definition) is 1. The molecule has 1 aromatic rings. The fourth-order valence-corrected chi connectivity index (χ4v) is 3.63. The van der Waals surface area contributed by atoms with Crippen molar-refractivity contribution in [1.29, 1.82) is 0 Å². The fourth-order valence-electron chi connectivity index (χ4n) is 3.63. The molecule has 2 heterocycles. The van der Waals surface area contributed by atoms with E-state index in [0.29, 0.717) is 12.6 Å². The average molecular weight is 345 g/mol. The average Bonchev–Trinajstić information content (AvgIpc) is 2.63. The highest BCUT2D eigenvalue weighted by molar-refractivity contribution is 5.89. The zero-order valence-corrected chi connectivity index (χ0v) is 14.9. The van der Waals surface area contributed by atoms with Crippen LogP contribution in [0, 0.1) is 0 Å². The summed E-state index contributed by atoms with van der Waals surface area (Å²) in [6.07, 6.45) is 3.98. The molecule has 6 heteroatoms. The quantitative estimate of drug-likeness (QED) is 0.852. The Hall–Kier alpha value is -2.08. The van der Waals surface area contributed by atoms with Gasteiger partial charge in [0.15, 0.2) is 0 Å². The summed E-state index contributed by atoms with van der Waals surface area (Å²) in [7, 11) is 0. The summed E-state index contributed by atoms with van der Waals surface area (Å²) in [4.78, 5) is 28.4. The number of ether oxygens (including phenoxy) is 1. The largest absolute Gasteiger partial charge is 0.466 e. The van der Waals surface area contributed by atoms with Crippen molar-refractivity contribution in [2.75, 3.05) is 38.1 Å². The van der Waals surface area contributed by atoms with Crippen molar-refractivity contribution in [1.82, 2.24) is 9.80 Å². The minimum Gasteiger partial charge on any atom is -0.466 e. The van der Waals surface area contributed by atoms with Crippen molar-refractivity contribution in [3.63, 3.8) is 0 Å². The standard InChI is InChI=1S/C19H27N3O3/c1-2-25-18(23)13-15-6-8-16(9-7-15)20-19(24)22-12-11-21-10-4-3-5-17(21)14-22/h6-9,17H,2-5,10-14H2,1H3,(H,20,24). The molecule has 6 nitrogen and oxygen atoms in total. The third-order valence-electron chi connectivity index (χ3n) is 4.98. The second kappa shape index (κ2) is 8.34. The number of carbonyl (C=O) groups excluding carboxylic acids is 2. The van der Waals surface area contributed by atoms with Gasteiger partial charge in [-0.2, -0.15) is 0 Å². The zero-order chi connectivity index (χ0) is 17.6. The second-order valence-corrected chi connectivity index (χ2v) is 6.74. The molecule has 1 aromatic carbocycles. The summed E-state index contributed by atoms with van der Waals surface area (Å²) in [6.45, 7) is 5.92. The van der Waals surface area contributed by atoms with Crippen LogP contribution in [-0.4, -0.2) is 60.6 Å². The van der Waals surface area contributed by atoms with E-state index >= 15 is 0 Å². The van der Waals surface area contributed by atoms with Crippen LogP contribution in [0.2, 0.25) is 0 Å². The van der Waals surface area contributed by atoms with E-state index in [2.05, 4.69) is 10.2 Å². The first-order valence-electron chi connectivity index (χ1n) is 9.20. The molecule has 0 bridgehead atoms. The predicted octanol–water partition coefficient (Wildman–Crippen LogP) is 2.49. The van der Waals surface area contributed by atoms with Crippen LogP contribution in [0.15, 0.2) is 24.3 Å². The Labute approximate surface area is 149 Å². The smallest absolute Gasteiger partial charge is 0.321 e. The lowest BCUT2D eigenvalue weighted by molar-refractivity contribution is -0.142. The Morgan fingerprint density at radius 3 is 2.72 bits per heavy atom. The molecule has 0 spiro atoms. The molecule has 0 saturated carbocycles. The van der Waals surface area contributed by atoms with E-state index in [1.54, 1.807) is 6.92 Å². The molecule has 136 valence electrons. The Morgan fingerprint density at radius 2 is 1.96 bits per heavy atom. The normalized spacial score (nSPS) is 20.7. The van der Waals surface area contributed by atoms with Gasteiger partial charge in [-0.15, -0.1) is 0 Å². The van der Waals surface area contributed by atoms with Crippen LogP contribution in [-0.2, 0) is 16.0 Å². The Bertz CT molecular complexity index is 602. The van der Waals surface area contributed by atoms with Crippen LogP contribution in [0.25, 0.3) is 0 Å². The van der Waals surface area contributed by atoms with Gasteiger partial charge in [0.05, 0.1) is 13.0 Å². The maximum atomic E-state index is 12.5. The number of esters is 1. The van der Waals surface area contributed by atoms with Gasteiger partial charge in [0.25, 0.3) is 0 Å². The first-order valence-corrected chi connectivity index (χ1v) is 9.20. The molecular weight excluding hydrogens is 318 g/mol. The minimum absolute atomic E-state index is 0.0385. The van der Waals surface area contributed by atoms with E-state index in [9.17, 15) is 9.59 Å². The highest BCUT2D eigenvalue weighted by Gasteiger charge is 2.30. The highest BCUT2D eigenvalue weighted by atomic mass is 16.5. The van der Waals surface area contributed by atoms with E-state index in [1.807, 2.05) is 29.2 Å². The van der Waals surface area contributed by atoms with Crippen LogP contribution < -0.4 is 5.32 Å². The third kappa shape index (κ3) is 4.72. The van der Waals surface area contributed by atoms with E-state index in [4.69, 9.17) is 4.74 Å². The number of amides is 2. The van der Waals surface area contributed by atoms with Crippen molar-refractivity contribution >= 4 is 17.7 Å². The Balaban J connectivity index is 1.51. The number of nitrogens with one attached hydrogen (secondary N) is 1. The van der Waals surface area contributed by atoms with Crippen LogP contribution in [0.1, 0.15) is 31.7 Å². The molecule has 0 aliphatic carbocycles. The van der Waals surface area contributed by atoms with Crippen molar-refractivity contribution in [2.24, 2.45) is 0 Å². The second-order valence-electron chi connectivity index (χ2n) is 6.74. The molecule has 0 radical (unpaired) electrons. The lowest BCUT2D eigenvalue weighted by Gasteiger charge is -2.43. The summed E-state index contributed by atoms with van der Waals surface area (Å²) in [5.41, 5.74) is 1.64. The van der Waals surface area contributed by atoms with Crippen molar-refractivity contribution in [3.8, 4) is 0 Å². The van der Waals surface area contributed by atoms with Gasteiger partial charge < -0.3 is 15.0 Å². The third-order valence-corrected chi connectivity index (χ3v) is 4.98. The lowest BCUT2D eigenvalue weighted by atomic mass is 10.00. The van der Waals surface area contributed by atoms with Crippen LogP contribution in [0.5, 0.6) is 0 Å². The number of nitrogens with zero attached hydrogens (tertiary/aromatic N) is 2. The van der Waals surface area contributed by atoms with E-state index in [-0.39, 0.29) is 18.4 Å². The molecule has 1 atom stereocenters. The molecule has 2 aliphatic rings. The van der Waals surface area contributed by atoms with Crippen molar-refractivity contribution in [2.45, 2.75) is 38.6 Å². The maximum Gasteiger partial charge on any atom is 0.321 e. The number of carbonyl (C=O) groups is 2. The minimum atomic E-state index is -0.232. The Morgan fingerprint density at radius 1 is 1.16 bits per heavy atom. The van der Waals surface area contributed by atoms with Gasteiger partial charge in [0, 0.05) is 31.4 Å². The monoisotopic (exact) mass is 345 g/mol. The van der Waals surface area contributed by atoms with Gasteiger partial charge in [0.2, 0.25) is 0 Å². The Kier molecular flexibility index (Phi) is 5.91. The SMILES string of the molecule is CCOC(=O)Cc1ccc(NC(=O)N2CCN3CCCCC3C2)cc1. The first kappa shape index (κ1) is 17.7. The summed E-state index contributed by atoms with van der Waals surface area (Å²) >= 11 is 0. The molecule has 2 fully saturated rings. The number of piperidine rings is 1. The van der Waals surface area contributed by atoms with Crippen LogP contribution >= 0.6 is 0 Å². The molecule has 2 saturated heterocycles. The molecule has 0 aromatic heterocycles. The summed E-state index contributed by atoms with van der Waals surface area (Å²) < 4.78 is 4.94. The van der Waals surface area contributed by atoms with Gasteiger partial charge >= 0.3 is 12.0 Å². The molecule has 2 amide bonds. The highest BCUT2D eigenvalue weighted by Crippen LogP contribution is 2.21. The van der Waals surface area contributed by atoms with Gasteiger partial charge in [-0.25, -0.2) is 4.79 Å². The first-order chi connectivity index (χ1) is 12.2. The van der Waals surface area contributed by atoms with Crippen LogP contribution in [0.4, 0.5) is 10.5 Å². The van der Waals surface area contributed by atoms with Gasteiger partial charge in [-0.1, -0.05) is 18.6 Å². The lowest BCUT2D eigenvalue weighted by Crippen LogP contribution is -2.56. The van der Waals surface area contributed by atoms with Crippen molar-refractivity contribution in [3.05, 3.63) is 29.8 Å². The van der Waals surface area contributed by atoms with E-state index < -0.39 is 0 Å². The number of piperazine rings is 1. The molecule has 3 rings (SSSR count). The summed E-state index contributed by atoms with van der Waals surface area (Å²) in [5, 5.41) is 2.97. The van der Waals surface area contributed by atoms with Crippen LogP contribution in [0.3, 0.4) is 0 Å². The fraction of sp³-hybridized carbons (Fsp3) is 0.579.